The van der Waals surface area contributed by atoms with Crippen LogP contribution in [0, 0.1) is 0 Å². The highest BCUT2D eigenvalue weighted by Gasteiger charge is 2.50. The summed E-state index contributed by atoms with van der Waals surface area (Å²) in [5.74, 6) is -0.359. The minimum Gasteiger partial charge on any atom is -0.346 e. The van der Waals surface area contributed by atoms with Crippen LogP contribution in [0.5, 0.6) is 0 Å². The van der Waals surface area contributed by atoms with Crippen molar-refractivity contribution in [3.63, 3.8) is 0 Å². The van der Waals surface area contributed by atoms with Crippen molar-refractivity contribution in [2.24, 2.45) is 0 Å². The van der Waals surface area contributed by atoms with Crippen LogP contribution in [-0.4, -0.2) is 57.1 Å². The molecule has 4 heteroatoms. The maximum Gasteiger partial charge on any atom is 0.185 e. The molecule has 15 heavy (non-hydrogen) atoms. The lowest BCUT2D eigenvalue weighted by Gasteiger charge is -2.46. The highest BCUT2D eigenvalue weighted by molar-refractivity contribution is 4.99. The summed E-state index contributed by atoms with van der Waals surface area (Å²) >= 11 is 0. The zero-order valence-corrected chi connectivity index (χ0v) is 9.95. The minimum atomic E-state index is -0.359. The van der Waals surface area contributed by atoms with Crippen molar-refractivity contribution in [1.82, 2.24) is 10.2 Å². The third-order valence-electron chi connectivity index (χ3n) is 3.63. The number of hydrogen-bond acceptors (Lipinski definition) is 4. The lowest BCUT2D eigenvalue weighted by Crippen LogP contribution is -2.62. The molecule has 2 atom stereocenters. The molecule has 1 spiro atoms. The van der Waals surface area contributed by atoms with Crippen molar-refractivity contribution in [3.05, 3.63) is 0 Å². The van der Waals surface area contributed by atoms with E-state index in [2.05, 4.69) is 24.3 Å². The topological polar surface area (TPSA) is 33.7 Å². The normalized spacial score (nSPS) is 35.2. The van der Waals surface area contributed by atoms with Crippen LogP contribution in [0.3, 0.4) is 0 Å². The Morgan fingerprint density at radius 2 is 1.93 bits per heavy atom. The van der Waals surface area contributed by atoms with Crippen molar-refractivity contribution >= 4 is 0 Å². The average Bonchev–Trinajstić information content (AvgIpc) is 2.66. The minimum absolute atomic E-state index is 0.281. The molecule has 1 aliphatic heterocycles. The summed E-state index contributed by atoms with van der Waals surface area (Å²) in [7, 11) is 6.26. The number of rotatable bonds is 2. The van der Waals surface area contributed by atoms with E-state index in [4.69, 9.17) is 9.47 Å². The molecule has 1 N–H and O–H groups in total. The molecule has 0 amide bonds. The molecule has 2 aliphatic rings. The predicted molar refractivity (Wildman–Crippen MR) is 58.8 cm³/mol. The molecule has 1 saturated heterocycles. The highest BCUT2D eigenvalue weighted by Crippen LogP contribution is 2.37. The molecule has 4 nitrogen and oxygen atoms in total. The first-order valence-corrected chi connectivity index (χ1v) is 5.81. The van der Waals surface area contributed by atoms with Gasteiger partial charge in [-0.2, -0.15) is 0 Å². The molecule has 0 aromatic rings. The lowest BCUT2D eigenvalue weighted by atomic mass is 9.84. The second-order valence-corrected chi connectivity index (χ2v) is 4.70. The molecule has 88 valence electrons. The van der Waals surface area contributed by atoms with E-state index >= 15 is 0 Å². The van der Waals surface area contributed by atoms with Gasteiger partial charge in [-0.3, -0.25) is 0 Å². The maximum absolute atomic E-state index is 5.85. The quantitative estimate of drug-likeness (QED) is 0.723. The molecule has 2 fully saturated rings. The Bertz CT molecular complexity index is 215. The monoisotopic (exact) mass is 214 g/mol. The van der Waals surface area contributed by atoms with Crippen LogP contribution in [0.4, 0.5) is 0 Å². The summed E-state index contributed by atoms with van der Waals surface area (Å²) in [5.41, 5.74) is 0. The second-order valence-electron chi connectivity index (χ2n) is 4.70. The first-order chi connectivity index (χ1) is 7.19. The number of ether oxygens (including phenoxy) is 2. The van der Waals surface area contributed by atoms with E-state index in [1.54, 1.807) is 0 Å². The van der Waals surface area contributed by atoms with Crippen molar-refractivity contribution in [3.8, 4) is 0 Å². The van der Waals surface area contributed by atoms with Crippen molar-refractivity contribution in [2.45, 2.75) is 37.1 Å². The summed E-state index contributed by atoms with van der Waals surface area (Å²) in [6.45, 7) is 1.47. The van der Waals surface area contributed by atoms with Gasteiger partial charge >= 0.3 is 0 Å². The molecule has 0 aromatic heterocycles. The highest BCUT2D eigenvalue weighted by atomic mass is 16.7. The van der Waals surface area contributed by atoms with Crippen LogP contribution < -0.4 is 5.32 Å². The molecule has 0 aromatic carbocycles. The summed E-state index contributed by atoms with van der Waals surface area (Å²) in [5, 5.41) is 3.38. The zero-order chi connectivity index (χ0) is 10.9. The molecule has 1 saturated carbocycles. The van der Waals surface area contributed by atoms with Gasteiger partial charge in [0.1, 0.15) is 0 Å². The number of likely N-dealkylation sites (N-methyl/N-ethyl adjacent to an activating group) is 2. The van der Waals surface area contributed by atoms with E-state index in [1.165, 1.54) is 12.8 Å². The molecule has 1 heterocycles. The number of nitrogens with zero attached hydrogens (tertiary/aromatic N) is 1. The van der Waals surface area contributed by atoms with Gasteiger partial charge in [0.25, 0.3) is 0 Å². The fourth-order valence-corrected chi connectivity index (χ4v) is 2.94. The molecule has 0 radical (unpaired) electrons. The summed E-state index contributed by atoms with van der Waals surface area (Å²) in [6.07, 6.45) is 3.41. The van der Waals surface area contributed by atoms with Crippen LogP contribution in [0.1, 0.15) is 19.3 Å². The largest absolute Gasteiger partial charge is 0.346 e. The maximum atomic E-state index is 5.85. The van der Waals surface area contributed by atoms with Crippen LogP contribution in [-0.2, 0) is 9.47 Å². The van der Waals surface area contributed by atoms with Gasteiger partial charge in [-0.05, 0) is 34.0 Å². The standard InChI is InChI=1S/C11H22N2O2/c1-12-10-9(13(2)3)5-4-6-11(10)14-7-8-15-11/h9-10,12H,4-8H2,1-3H3/t9-,10+/m0/s1. The molecular weight excluding hydrogens is 192 g/mol. The molecule has 0 bridgehead atoms. The third-order valence-corrected chi connectivity index (χ3v) is 3.63. The van der Waals surface area contributed by atoms with Gasteiger partial charge in [0.2, 0.25) is 0 Å². The van der Waals surface area contributed by atoms with Gasteiger partial charge in [0.15, 0.2) is 5.79 Å². The third kappa shape index (κ3) is 1.91. The van der Waals surface area contributed by atoms with E-state index in [9.17, 15) is 0 Å². The van der Waals surface area contributed by atoms with E-state index in [0.717, 1.165) is 19.6 Å². The van der Waals surface area contributed by atoms with Crippen molar-refractivity contribution in [2.75, 3.05) is 34.4 Å². The van der Waals surface area contributed by atoms with Gasteiger partial charge < -0.3 is 19.7 Å². The Hall–Kier alpha value is -0.160. The Morgan fingerprint density at radius 1 is 1.27 bits per heavy atom. The summed E-state index contributed by atoms with van der Waals surface area (Å²) in [4.78, 5) is 2.27. The Kier molecular flexibility index (Phi) is 3.30. The van der Waals surface area contributed by atoms with E-state index < -0.39 is 0 Å². The van der Waals surface area contributed by atoms with Crippen molar-refractivity contribution in [1.29, 1.82) is 0 Å². The van der Waals surface area contributed by atoms with Gasteiger partial charge in [-0.1, -0.05) is 0 Å². The van der Waals surface area contributed by atoms with E-state index in [1.807, 2.05) is 7.05 Å². The Balaban J connectivity index is 2.16. The van der Waals surface area contributed by atoms with Crippen molar-refractivity contribution < 1.29 is 9.47 Å². The molecule has 1 aliphatic carbocycles. The first kappa shape index (κ1) is 11.3. The fourth-order valence-electron chi connectivity index (χ4n) is 2.94. The van der Waals surface area contributed by atoms with E-state index in [0.29, 0.717) is 6.04 Å². The van der Waals surface area contributed by atoms with Crippen LogP contribution in [0.15, 0.2) is 0 Å². The van der Waals surface area contributed by atoms with Crippen LogP contribution in [0.25, 0.3) is 0 Å². The average molecular weight is 214 g/mol. The summed E-state index contributed by atoms with van der Waals surface area (Å²) in [6, 6.07) is 0.783. The van der Waals surface area contributed by atoms with Gasteiger partial charge in [-0.25, -0.2) is 0 Å². The SMILES string of the molecule is CN[C@@H]1[C@@H](N(C)C)CCCC12OCCO2. The molecular formula is C11H22N2O2. The molecule has 0 unspecified atom stereocenters. The zero-order valence-electron chi connectivity index (χ0n) is 9.95. The summed E-state index contributed by atoms with van der Waals surface area (Å²) < 4.78 is 11.7. The molecule has 2 rings (SSSR count). The van der Waals surface area contributed by atoms with E-state index in [-0.39, 0.29) is 11.8 Å². The predicted octanol–water partition coefficient (Wildman–Crippen LogP) is 0.432. The van der Waals surface area contributed by atoms with Gasteiger partial charge in [-0.15, -0.1) is 0 Å². The lowest BCUT2D eigenvalue weighted by molar-refractivity contribution is -0.206. The first-order valence-electron chi connectivity index (χ1n) is 5.81. The van der Waals surface area contributed by atoms with Gasteiger partial charge in [0.05, 0.1) is 19.3 Å². The van der Waals surface area contributed by atoms with Crippen LogP contribution in [0.2, 0.25) is 0 Å². The number of hydrogen-bond donors (Lipinski definition) is 1. The smallest absolute Gasteiger partial charge is 0.185 e. The Morgan fingerprint density at radius 3 is 2.47 bits per heavy atom. The Labute approximate surface area is 91.9 Å². The number of nitrogens with one attached hydrogen (secondary N) is 1. The second kappa shape index (κ2) is 4.37. The fraction of sp³-hybridized carbons (Fsp3) is 1.00. The van der Waals surface area contributed by atoms with Crippen LogP contribution >= 0.6 is 0 Å². The van der Waals surface area contributed by atoms with Gasteiger partial charge in [0, 0.05) is 12.5 Å².